The third-order valence-electron chi connectivity index (χ3n) is 0.816. The highest BCUT2D eigenvalue weighted by atomic mass is 16.1. The summed E-state index contributed by atoms with van der Waals surface area (Å²) in [5, 5.41) is 0. The van der Waals surface area contributed by atoms with E-state index in [4.69, 9.17) is 0 Å². The van der Waals surface area contributed by atoms with Gasteiger partial charge >= 0.3 is 0 Å². The number of carbonyl (C=O) groups is 1. The van der Waals surface area contributed by atoms with E-state index >= 15 is 0 Å². The van der Waals surface area contributed by atoms with Crippen LogP contribution >= 0.6 is 0 Å². The fourth-order valence-corrected chi connectivity index (χ4v) is 0. The zero-order chi connectivity index (χ0) is 7.86. The number of carbonyl (C=O) groups excluding carboxylic acids is 1. The predicted octanol–water partition coefficient (Wildman–Crippen LogP) is 3.28. The van der Waals surface area contributed by atoms with Crippen molar-refractivity contribution in [3.8, 4) is 0 Å². The molecule has 0 aromatic carbocycles. The second-order valence-electron chi connectivity index (χ2n) is 2.71. The van der Waals surface area contributed by atoms with Crippen molar-refractivity contribution in [2.45, 2.75) is 48.5 Å². The van der Waals surface area contributed by atoms with Gasteiger partial charge in [-0.15, -0.1) is 0 Å². The Bertz CT molecular complexity index is 61.1. The van der Waals surface area contributed by atoms with E-state index in [0.29, 0.717) is 0 Å². The average molecular weight is 146 g/mol. The minimum atomic E-state index is 0. The molecule has 10 heavy (non-hydrogen) atoms. The highest BCUT2D eigenvalue weighted by Gasteiger charge is 1.80. The zero-order valence-electron chi connectivity index (χ0n) is 7.19. The Morgan fingerprint density at radius 2 is 1.40 bits per heavy atom. The van der Waals surface area contributed by atoms with Gasteiger partial charge in [0.2, 0.25) is 0 Å². The molecule has 0 aromatic heterocycles. The molecule has 0 aliphatic carbocycles. The smallest absolute Gasteiger partial charge is 0.126 e. The molecule has 0 spiro atoms. The molecule has 0 heterocycles. The zero-order valence-corrected chi connectivity index (χ0v) is 7.19. The standard InChI is InChI=1S/C5H12.C3H6O.CH4/c1-4-5(2)3;1-3(2)4;/h5H,4H2,1-3H3;1-2H3;1H4. The molecule has 0 aromatic rings. The SMILES string of the molecule is C.CC(C)=O.CCC(C)C. The molecule has 0 saturated carbocycles. The number of Topliss-reactive ketones (excluding diaryl/α,β-unsaturated/α-hetero) is 1. The molecule has 0 fully saturated rings. The topological polar surface area (TPSA) is 17.1 Å². The van der Waals surface area contributed by atoms with Gasteiger partial charge in [-0.25, -0.2) is 0 Å². The molecule has 0 saturated heterocycles. The van der Waals surface area contributed by atoms with E-state index in [9.17, 15) is 4.79 Å². The molecule has 0 unspecified atom stereocenters. The maximum absolute atomic E-state index is 9.44. The summed E-state index contributed by atoms with van der Waals surface area (Å²) in [4.78, 5) is 9.44. The van der Waals surface area contributed by atoms with Crippen molar-refractivity contribution in [3.05, 3.63) is 0 Å². The van der Waals surface area contributed by atoms with E-state index < -0.39 is 0 Å². The monoisotopic (exact) mass is 146 g/mol. The first kappa shape index (κ1) is 16.3. The molecular formula is C9H22O. The Kier molecular flexibility index (Phi) is 18.7. The molecule has 1 heteroatoms. The number of hydrogen-bond donors (Lipinski definition) is 0. The summed E-state index contributed by atoms with van der Waals surface area (Å²) < 4.78 is 0. The van der Waals surface area contributed by atoms with Crippen LogP contribution in [0.1, 0.15) is 48.5 Å². The van der Waals surface area contributed by atoms with E-state index in [1.54, 1.807) is 0 Å². The average Bonchev–Trinajstić information content (AvgIpc) is 1.65. The van der Waals surface area contributed by atoms with E-state index in [0.717, 1.165) is 5.92 Å². The minimum Gasteiger partial charge on any atom is -0.300 e. The lowest BCUT2D eigenvalue weighted by molar-refractivity contribution is -0.114. The highest BCUT2D eigenvalue weighted by molar-refractivity contribution is 5.72. The van der Waals surface area contributed by atoms with Crippen molar-refractivity contribution < 1.29 is 4.79 Å². The lowest BCUT2D eigenvalue weighted by Crippen LogP contribution is -1.77. The normalized spacial score (nSPS) is 7.40. The molecule has 64 valence electrons. The molecular weight excluding hydrogens is 124 g/mol. The van der Waals surface area contributed by atoms with Crippen LogP contribution in [0.15, 0.2) is 0 Å². The van der Waals surface area contributed by atoms with Gasteiger partial charge < -0.3 is 4.79 Å². The van der Waals surface area contributed by atoms with Crippen molar-refractivity contribution in [2.75, 3.05) is 0 Å². The van der Waals surface area contributed by atoms with Gasteiger partial charge in [0.1, 0.15) is 5.78 Å². The lowest BCUT2D eigenvalue weighted by Gasteiger charge is -1.90. The highest BCUT2D eigenvalue weighted by Crippen LogP contribution is 1.93. The number of hydrogen-bond acceptors (Lipinski definition) is 1. The van der Waals surface area contributed by atoms with Gasteiger partial charge in [-0.1, -0.05) is 34.6 Å². The Morgan fingerprint density at radius 1 is 1.30 bits per heavy atom. The van der Waals surface area contributed by atoms with Crippen LogP contribution in [0.25, 0.3) is 0 Å². The number of ketones is 1. The first-order valence-electron chi connectivity index (χ1n) is 3.47. The molecule has 0 bridgehead atoms. The summed E-state index contributed by atoms with van der Waals surface area (Å²) in [5.41, 5.74) is 0. The van der Waals surface area contributed by atoms with Crippen molar-refractivity contribution in [2.24, 2.45) is 5.92 Å². The van der Waals surface area contributed by atoms with Crippen LogP contribution < -0.4 is 0 Å². The molecule has 1 nitrogen and oxygen atoms in total. The van der Waals surface area contributed by atoms with Gasteiger partial charge in [0.15, 0.2) is 0 Å². The summed E-state index contributed by atoms with van der Waals surface area (Å²) in [7, 11) is 0. The molecule has 0 aliphatic rings. The maximum atomic E-state index is 9.44. The van der Waals surface area contributed by atoms with Crippen LogP contribution in [-0.4, -0.2) is 5.78 Å². The van der Waals surface area contributed by atoms with Crippen LogP contribution in [0.4, 0.5) is 0 Å². The molecule has 0 N–H and O–H groups in total. The predicted molar refractivity (Wildman–Crippen MR) is 48.2 cm³/mol. The van der Waals surface area contributed by atoms with E-state index in [2.05, 4.69) is 20.8 Å². The summed E-state index contributed by atoms with van der Waals surface area (Å²) in [6, 6.07) is 0. The van der Waals surface area contributed by atoms with Crippen LogP contribution in [0, 0.1) is 5.92 Å². The summed E-state index contributed by atoms with van der Waals surface area (Å²) >= 11 is 0. The summed E-state index contributed by atoms with van der Waals surface area (Å²) in [6.07, 6.45) is 1.31. The van der Waals surface area contributed by atoms with E-state index in [1.807, 2.05) is 0 Å². The second kappa shape index (κ2) is 11.5. The fourth-order valence-electron chi connectivity index (χ4n) is 0. The summed E-state index contributed by atoms with van der Waals surface area (Å²) in [6.45, 7) is 9.70. The Hall–Kier alpha value is -0.330. The third kappa shape index (κ3) is 122. The molecule has 0 aliphatic heterocycles. The van der Waals surface area contributed by atoms with Crippen LogP contribution in [-0.2, 0) is 4.79 Å². The largest absolute Gasteiger partial charge is 0.300 e. The fraction of sp³-hybridized carbons (Fsp3) is 0.889. The summed E-state index contributed by atoms with van der Waals surface area (Å²) in [5.74, 6) is 1.05. The van der Waals surface area contributed by atoms with Crippen LogP contribution in [0.2, 0.25) is 0 Å². The van der Waals surface area contributed by atoms with Gasteiger partial charge in [-0.05, 0) is 19.8 Å². The van der Waals surface area contributed by atoms with Crippen molar-refractivity contribution in [3.63, 3.8) is 0 Å². The van der Waals surface area contributed by atoms with Crippen molar-refractivity contribution in [1.29, 1.82) is 0 Å². The Labute approximate surface area is 65.8 Å². The van der Waals surface area contributed by atoms with Crippen LogP contribution in [0.5, 0.6) is 0 Å². The van der Waals surface area contributed by atoms with Gasteiger partial charge in [-0.2, -0.15) is 0 Å². The quantitative estimate of drug-likeness (QED) is 0.555. The lowest BCUT2D eigenvalue weighted by atomic mass is 10.2. The Balaban J connectivity index is -0.0000000910. The van der Waals surface area contributed by atoms with Gasteiger partial charge in [0.25, 0.3) is 0 Å². The van der Waals surface area contributed by atoms with Gasteiger partial charge in [0, 0.05) is 0 Å². The van der Waals surface area contributed by atoms with Crippen molar-refractivity contribution >= 4 is 5.78 Å². The number of rotatable bonds is 1. The van der Waals surface area contributed by atoms with E-state index in [1.165, 1.54) is 20.3 Å². The van der Waals surface area contributed by atoms with E-state index in [-0.39, 0.29) is 13.2 Å². The first-order chi connectivity index (χ1) is 4.00. The molecule has 0 amide bonds. The van der Waals surface area contributed by atoms with Crippen molar-refractivity contribution in [1.82, 2.24) is 0 Å². The van der Waals surface area contributed by atoms with Gasteiger partial charge in [0.05, 0.1) is 0 Å². The minimum absolute atomic E-state index is 0. The maximum Gasteiger partial charge on any atom is 0.126 e. The Morgan fingerprint density at radius 3 is 1.40 bits per heavy atom. The molecule has 0 atom stereocenters. The third-order valence-corrected chi connectivity index (χ3v) is 0.816. The molecule has 0 rings (SSSR count). The first-order valence-corrected chi connectivity index (χ1v) is 3.47. The van der Waals surface area contributed by atoms with Crippen LogP contribution in [0.3, 0.4) is 0 Å². The van der Waals surface area contributed by atoms with Gasteiger partial charge in [-0.3, -0.25) is 0 Å². The molecule has 0 radical (unpaired) electrons. The second-order valence-corrected chi connectivity index (χ2v) is 2.71.